The first-order valence-corrected chi connectivity index (χ1v) is 9.12. The fraction of sp³-hybridized carbons (Fsp3) is 0.611. The van der Waals surface area contributed by atoms with Crippen LogP contribution in [-0.4, -0.2) is 47.4 Å². The second-order valence-electron chi connectivity index (χ2n) is 6.77. The Bertz CT molecular complexity index is 622. The lowest BCUT2D eigenvalue weighted by molar-refractivity contribution is -0.132. The van der Waals surface area contributed by atoms with Gasteiger partial charge < -0.3 is 15.0 Å². The summed E-state index contributed by atoms with van der Waals surface area (Å²) < 4.78 is 5.44. The van der Waals surface area contributed by atoms with Gasteiger partial charge in [0.05, 0.1) is 11.7 Å². The number of hydrogen-bond donors (Lipinski definition) is 1. The van der Waals surface area contributed by atoms with E-state index in [0.717, 1.165) is 19.5 Å². The molecule has 0 spiro atoms. The van der Waals surface area contributed by atoms with Gasteiger partial charge in [-0.3, -0.25) is 9.59 Å². The van der Waals surface area contributed by atoms with Crippen molar-refractivity contribution >= 4 is 23.4 Å². The SMILES string of the molecule is CC1CCCN(C(=O)CCNC(=O)c2cnc(OC(C)C)c(Cl)c2)C1. The molecule has 1 fully saturated rings. The highest BCUT2D eigenvalue weighted by atomic mass is 35.5. The quantitative estimate of drug-likeness (QED) is 0.839. The van der Waals surface area contributed by atoms with E-state index in [1.54, 1.807) is 0 Å². The molecule has 1 aliphatic heterocycles. The van der Waals surface area contributed by atoms with E-state index < -0.39 is 0 Å². The Balaban J connectivity index is 1.82. The van der Waals surface area contributed by atoms with Crippen LogP contribution in [0.2, 0.25) is 5.02 Å². The zero-order chi connectivity index (χ0) is 18.4. The normalized spacial score (nSPS) is 17.5. The number of rotatable bonds is 6. The van der Waals surface area contributed by atoms with Crippen LogP contribution in [0.5, 0.6) is 5.88 Å². The first-order chi connectivity index (χ1) is 11.9. The predicted molar refractivity (Wildman–Crippen MR) is 96.9 cm³/mol. The Hall–Kier alpha value is -1.82. The lowest BCUT2D eigenvalue weighted by Crippen LogP contribution is -2.40. The minimum Gasteiger partial charge on any atom is -0.474 e. The maximum Gasteiger partial charge on any atom is 0.252 e. The van der Waals surface area contributed by atoms with Crippen LogP contribution in [0.15, 0.2) is 12.3 Å². The second kappa shape index (κ2) is 9.04. The summed E-state index contributed by atoms with van der Waals surface area (Å²) >= 11 is 6.09. The summed E-state index contributed by atoms with van der Waals surface area (Å²) in [4.78, 5) is 30.3. The molecule has 1 unspecified atom stereocenters. The van der Waals surface area contributed by atoms with Gasteiger partial charge in [0.15, 0.2) is 0 Å². The Kier molecular flexibility index (Phi) is 7.05. The average molecular weight is 368 g/mol. The number of nitrogens with one attached hydrogen (secondary N) is 1. The molecule has 0 aliphatic carbocycles. The van der Waals surface area contributed by atoms with Crippen molar-refractivity contribution in [2.75, 3.05) is 19.6 Å². The number of carbonyl (C=O) groups excluding carboxylic acids is 2. The van der Waals surface area contributed by atoms with Gasteiger partial charge in [-0.1, -0.05) is 18.5 Å². The van der Waals surface area contributed by atoms with Crippen LogP contribution in [0.25, 0.3) is 0 Å². The molecule has 25 heavy (non-hydrogen) atoms. The smallest absolute Gasteiger partial charge is 0.252 e. The van der Waals surface area contributed by atoms with E-state index in [0.29, 0.717) is 35.3 Å². The molecule has 0 radical (unpaired) electrons. The van der Waals surface area contributed by atoms with Gasteiger partial charge in [-0.15, -0.1) is 0 Å². The molecule has 1 aromatic heterocycles. The molecule has 1 aliphatic rings. The number of likely N-dealkylation sites (tertiary alicyclic amines) is 1. The second-order valence-corrected chi connectivity index (χ2v) is 7.18. The van der Waals surface area contributed by atoms with Gasteiger partial charge in [0.2, 0.25) is 11.8 Å². The molecule has 0 bridgehead atoms. The molecule has 1 N–H and O–H groups in total. The van der Waals surface area contributed by atoms with E-state index in [1.807, 2.05) is 18.7 Å². The summed E-state index contributed by atoms with van der Waals surface area (Å²) in [6.45, 7) is 7.82. The summed E-state index contributed by atoms with van der Waals surface area (Å²) in [5.74, 6) is 0.642. The third kappa shape index (κ3) is 5.88. The zero-order valence-electron chi connectivity index (χ0n) is 15.0. The van der Waals surface area contributed by atoms with Crippen molar-refractivity contribution in [1.29, 1.82) is 0 Å². The van der Waals surface area contributed by atoms with Crippen molar-refractivity contribution in [3.05, 3.63) is 22.8 Å². The van der Waals surface area contributed by atoms with Crippen molar-refractivity contribution < 1.29 is 14.3 Å². The highest BCUT2D eigenvalue weighted by Crippen LogP contribution is 2.23. The van der Waals surface area contributed by atoms with Crippen LogP contribution in [0, 0.1) is 5.92 Å². The van der Waals surface area contributed by atoms with Gasteiger partial charge in [-0.25, -0.2) is 4.98 Å². The standard InChI is InChI=1S/C18H26ClN3O3/c1-12(2)25-18-15(19)9-14(10-21-18)17(24)20-7-6-16(23)22-8-4-5-13(3)11-22/h9-10,12-13H,4-8,11H2,1-3H3,(H,20,24). The minimum absolute atomic E-state index is 0.0480. The number of pyridine rings is 1. The zero-order valence-corrected chi connectivity index (χ0v) is 15.8. The molecule has 2 rings (SSSR count). The number of nitrogens with zero attached hydrogens (tertiary/aromatic N) is 2. The molecular weight excluding hydrogens is 342 g/mol. The van der Waals surface area contributed by atoms with Crippen LogP contribution in [0.3, 0.4) is 0 Å². The number of carbonyl (C=O) groups is 2. The van der Waals surface area contributed by atoms with Gasteiger partial charge in [0.1, 0.15) is 5.02 Å². The van der Waals surface area contributed by atoms with E-state index in [4.69, 9.17) is 16.3 Å². The van der Waals surface area contributed by atoms with Crippen molar-refractivity contribution in [3.8, 4) is 5.88 Å². The van der Waals surface area contributed by atoms with E-state index in [2.05, 4.69) is 17.2 Å². The molecule has 138 valence electrons. The van der Waals surface area contributed by atoms with E-state index in [9.17, 15) is 9.59 Å². The average Bonchev–Trinajstić information content (AvgIpc) is 2.56. The number of hydrogen-bond acceptors (Lipinski definition) is 4. The van der Waals surface area contributed by atoms with Crippen LogP contribution < -0.4 is 10.1 Å². The number of amides is 2. The molecule has 6 nitrogen and oxygen atoms in total. The van der Waals surface area contributed by atoms with Crippen molar-refractivity contribution in [2.24, 2.45) is 5.92 Å². The summed E-state index contributed by atoms with van der Waals surface area (Å²) in [5, 5.41) is 3.03. The minimum atomic E-state index is -0.301. The number of ether oxygens (including phenoxy) is 1. The van der Waals surface area contributed by atoms with E-state index in [-0.39, 0.29) is 17.9 Å². The Morgan fingerprint density at radius 3 is 2.88 bits per heavy atom. The highest BCUT2D eigenvalue weighted by molar-refractivity contribution is 6.32. The van der Waals surface area contributed by atoms with E-state index >= 15 is 0 Å². The first kappa shape index (κ1) is 19.5. The summed E-state index contributed by atoms with van der Waals surface area (Å²) in [7, 11) is 0. The third-order valence-electron chi connectivity index (χ3n) is 4.05. The Morgan fingerprint density at radius 1 is 1.48 bits per heavy atom. The molecule has 0 aromatic carbocycles. The number of piperidine rings is 1. The molecule has 2 amide bonds. The van der Waals surface area contributed by atoms with Crippen LogP contribution in [0.1, 0.15) is 50.4 Å². The summed E-state index contributed by atoms with van der Waals surface area (Å²) in [6.07, 6.45) is 3.90. The third-order valence-corrected chi connectivity index (χ3v) is 4.32. The Morgan fingerprint density at radius 2 is 2.24 bits per heavy atom. The number of aromatic nitrogens is 1. The monoisotopic (exact) mass is 367 g/mol. The summed E-state index contributed by atoms with van der Waals surface area (Å²) in [5.41, 5.74) is 0.347. The Labute approximate surface area is 153 Å². The highest BCUT2D eigenvalue weighted by Gasteiger charge is 2.20. The van der Waals surface area contributed by atoms with Gasteiger partial charge in [-0.2, -0.15) is 0 Å². The fourth-order valence-electron chi connectivity index (χ4n) is 2.82. The number of halogens is 1. The molecule has 1 aromatic rings. The fourth-order valence-corrected chi connectivity index (χ4v) is 3.03. The molecule has 1 atom stereocenters. The summed E-state index contributed by atoms with van der Waals surface area (Å²) in [6, 6.07) is 1.52. The van der Waals surface area contributed by atoms with E-state index in [1.165, 1.54) is 18.7 Å². The van der Waals surface area contributed by atoms with Crippen LogP contribution in [0.4, 0.5) is 0 Å². The van der Waals surface area contributed by atoms with Crippen molar-refractivity contribution in [2.45, 2.75) is 46.1 Å². The van der Waals surface area contributed by atoms with Gasteiger partial charge in [-0.05, 0) is 38.7 Å². The van der Waals surface area contributed by atoms with Crippen LogP contribution >= 0.6 is 11.6 Å². The topological polar surface area (TPSA) is 71.5 Å². The maximum atomic E-state index is 12.2. The lowest BCUT2D eigenvalue weighted by atomic mass is 10.00. The molecular formula is C18H26ClN3O3. The molecule has 2 heterocycles. The largest absolute Gasteiger partial charge is 0.474 e. The molecule has 7 heteroatoms. The van der Waals surface area contributed by atoms with Crippen molar-refractivity contribution in [1.82, 2.24) is 15.2 Å². The lowest BCUT2D eigenvalue weighted by Gasteiger charge is -2.31. The van der Waals surface area contributed by atoms with Crippen molar-refractivity contribution in [3.63, 3.8) is 0 Å². The molecule has 1 saturated heterocycles. The maximum absolute atomic E-state index is 12.2. The molecule has 0 saturated carbocycles. The first-order valence-electron chi connectivity index (χ1n) is 8.75. The predicted octanol–water partition coefficient (Wildman–Crippen LogP) is 2.90. The van der Waals surface area contributed by atoms with Gasteiger partial charge >= 0.3 is 0 Å². The van der Waals surface area contributed by atoms with Crippen LogP contribution in [-0.2, 0) is 4.79 Å². The van der Waals surface area contributed by atoms with Gasteiger partial charge in [0.25, 0.3) is 5.91 Å². The van der Waals surface area contributed by atoms with Gasteiger partial charge in [0, 0.05) is 32.3 Å².